The monoisotopic (exact) mass is 549 g/mol. The van der Waals surface area contributed by atoms with Crippen LogP contribution in [-0.2, 0) is 9.47 Å². The molecule has 0 unspecified atom stereocenters. The number of thiazole rings is 1. The highest BCUT2D eigenvalue weighted by Crippen LogP contribution is 2.32. The van der Waals surface area contributed by atoms with Crippen LogP contribution in [0.3, 0.4) is 0 Å². The Labute approximate surface area is 229 Å². The molecule has 0 saturated carbocycles. The number of nitrogens with zero attached hydrogens (tertiary/aromatic N) is 5. The second-order valence-corrected chi connectivity index (χ2v) is 11.8. The zero-order chi connectivity index (χ0) is 27.3. The van der Waals surface area contributed by atoms with Crippen LogP contribution in [0, 0.1) is 0 Å². The third-order valence-electron chi connectivity index (χ3n) is 7.04. The highest BCUT2D eigenvalue weighted by Gasteiger charge is 2.31. The number of carbonyl (C=O) groups is 2. The molecule has 2 aliphatic heterocycles. The Morgan fingerprint density at radius 3 is 2.36 bits per heavy atom. The predicted octanol–water partition coefficient (Wildman–Crippen LogP) is 3.59. The summed E-state index contributed by atoms with van der Waals surface area (Å²) in [5.41, 5.74) is 0.680. The third kappa shape index (κ3) is 4.70. The van der Waals surface area contributed by atoms with Crippen molar-refractivity contribution in [1.82, 2.24) is 19.2 Å². The zero-order valence-electron chi connectivity index (χ0n) is 22.3. The van der Waals surface area contributed by atoms with Gasteiger partial charge in [0.2, 0.25) is 5.43 Å². The van der Waals surface area contributed by atoms with Crippen molar-refractivity contribution < 1.29 is 19.1 Å². The topological polar surface area (TPSA) is 96.7 Å². The molecular formula is C28H31N5O5S. The van der Waals surface area contributed by atoms with Crippen molar-refractivity contribution in [3.05, 3.63) is 52.2 Å². The van der Waals surface area contributed by atoms with E-state index in [1.165, 1.54) is 11.3 Å². The highest BCUT2D eigenvalue weighted by molar-refractivity contribution is 7.24. The number of ether oxygens (including phenoxy) is 2. The first kappa shape index (κ1) is 25.6. The van der Waals surface area contributed by atoms with Crippen LogP contribution >= 0.6 is 11.3 Å². The van der Waals surface area contributed by atoms with Crippen LogP contribution in [0.25, 0.3) is 26.1 Å². The van der Waals surface area contributed by atoms with Gasteiger partial charge in [0.25, 0.3) is 5.91 Å². The molecule has 6 rings (SSSR count). The molecule has 0 aliphatic carbocycles. The number of aromatic nitrogens is 2. The van der Waals surface area contributed by atoms with Gasteiger partial charge >= 0.3 is 6.09 Å². The smallest absolute Gasteiger partial charge is 0.410 e. The number of piperazine rings is 1. The first-order chi connectivity index (χ1) is 18.7. The maximum absolute atomic E-state index is 13.9. The average molecular weight is 550 g/mol. The molecule has 0 N–H and O–H groups in total. The molecule has 11 heteroatoms. The highest BCUT2D eigenvalue weighted by atomic mass is 32.1. The SMILES string of the molecule is CC(C)(C)OC(=O)N1CCN(C(=O)c2c(=O)c3ccc(N4CCOCC4)nc3n3c2sc2ccccc23)CC1. The van der Waals surface area contributed by atoms with Gasteiger partial charge in [0.15, 0.2) is 5.65 Å². The quantitative estimate of drug-likeness (QED) is 0.377. The maximum atomic E-state index is 13.9. The number of hydrogen-bond donors (Lipinski definition) is 0. The van der Waals surface area contributed by atoms with Crippen molar-refractivity contribution in [2.24, 2.45) is 0 Å². The Morgan fingerprint density at radius 2 is 1.64 bits per heavy atom. The van der Waals surface area contributed by atoms with Gasteiger partial charge in [0.05, 0.1) is 28.8 Å². The second-order valence-electron chi connectivity index (χ2n) is 10.8. The number of benzene rings is 1. The van der Waals surface area contributed by atoms with Crippen LogP contribution in [0.15, 0.2) is 41.2 Å². The maximum Gasteiger partial charge on any atom is 0.410 e. The van der Waals surface area contributed by atoms with Gasteiger partial charge in [-0.2, -0.15) is 0 Å². The fourth-order valence-corrected chi connectivity index (χ4v) is 6.29. The van der Waals surface area contributed by atoms with E-state index in [9.17, 15) is 14.4 Å². The molecule has 10 nitrogen and oxygen atoms in total. The lowest BCUT2D eigenvalue weighted by molar-refractivity contribution is 0.0141. The Hall–Kier alpha value is -3.70. The molecule has 1 aromatic carbocycles. The van der Waals surface area contributed by atoms with E-state index >= 15 is 0 Å². The van der Waals surface area contributed by atoms with Crippen molar-refractivity contribution in [2.45, 2.75) is 26.4 Å². The van der Waals surface area contributed by atoms with E-state index in [1.54, 1.807) is 15.9 Å². The van der Waals surface area contributed by atoms with Crippen LogP contribution in [0.1, 0.15) is 31.1 Å². The van der Waals surface area contributed by atoms with E-state index in [-0.39, 0.29) is 16.9 Å². The third-order valence-corrected chi connectivity index (χ3v) is 8.19. The molecule has 204 valence electrons. The van der Waals surface area contributed by atoms with Crippen molar-refractivity contribution in [3.63, 3.8) is 0 Å². The number of carbonyl (C=O) groups excluding carboxylic acids is 2. The van der Waals surface area contributed by atoms with Crippen molar-refractivity contribution in [3.8, 4) is 0 Å². The number of morpholine rings is 1. The Morgan fingerprint density at radius 1 is 0.949 bits per heavy atom. The lowest BCUT2D eigenvalue weighted by Crippen LogP contribution is -2.52. The van der Waals surface area contributed by atoms with E-state index in [2.05, 4.69) is 4.90 Å². The standard InChI is InChI=1S/C28H31N5O5S/c1-28(2,3)38-27(36)32-12-10-31(11-13-32)25(35)22-23(34)18-8-9-21(30-14-16-37-17-15-30)29-24(18)33-19-6-4-5-7-20(19)39-26(22)33/h4-9H,10-17H2,1-3H3. The minimum absolute atomic E-state index is 0.148. The van der Waals surface area contributed by atoms with Crippen molar-refractivity contribution >= 4 is 55.2 Å². The number of para-hydroxylation sites is 1. The molecule has 0 atom stereocenters. The number of amides is 2. The van der Waals surface area contributed by atoms with Crippen LogP contribution < -0.4 is 10.3 Å². The molecular weight excluding hydrogens is 518 g/mol. The molecule has 39 heavy (non-hydrogen) atoms. The molecule has 2 amide bonds. The number of rotatable bonds is 2. The van der Waals surface area contributed by atoms with E-state index in [0.717, 1.165) is 29.1 Å². The fourth-order valence-electron chi connectivity index (χ4n) is 5.11. The van der Waals surface area contributed by atoms with Gasteiger partial charge in [0, 0.05) is 39.3 Å². The Bertz CT molecular complexity index is 1640. The average Bonchev–Trinajstić information content (AvgIpc) is 3.32. The molecule has 5 heterocycles. The second kappa shape index (κ2) is 9.80. The summed E-state index contributed by atoms with van der Waals surface area (Å²) >= 11 is 1.42. The van der Waals surface area contributed by atoms with Crippen LogP contribution in [0.2, 0.25) is 0 Å². The summed E-state index contributed by atoms with van der Waals surface area (Å²) < 4.78 is 13.9. The van der Waals surface area contributed by atoms with E-state index in [1.807, 2.05) is 55.5 Å². The van der Waals surface area contributed by atoms with Gasteiger partial charge < -0.3 is 24.2 Å². The largest absolute Gasteiger partial charge is 0.444 e. The lowest BCUT2D eigenvalue weighted by Gasteiger charge is -2.35. The summed E-state index contributed by atoms with van der Waals surface area (Å²) in [5.74, 6) is 0.457. The zero-order valence-corrected chi connectivity index (χ0v) is 23.1. The first-order valence-corrected chi connectivity index (χ1v) is 14.0. The Balaban J connectivity index is 1.41. The molecule has 0 radical (unpaired) electrons. The normalized spacial score (nSPS) is 16.8. The minimum atomic E-state index is -0.591. The molecule has 4 aromatic rings. The summed E-state index contributed by atoms with van der Waals surface area (Å²) in [7, 11) is 0. The first-order valence-electron chi connectivity index (χ1n) is 13.2. The molecule has 2 saturated heterocycles. The number of fused-ring (bicyclic) bond motifs is 5. The van der Waals surface area contributed by atoms with Gasteiger partial charge in [-0.05, 0) is 45.0 Å². The summed E-state index contributed by atoms with van der Waals surface area (Å²) in [4.78, 5) is 51.3. The number of pyridine rings is 2. The van der Waals surface area contributed by atoms with Crippen molar-refractivity contribution in [2.75, 3.05) is 57.4 Å². The Kier molecular flexibility index (Phi) is 6.43. The molecule has 2 fully saturated rings. The van der Waals surface area contributed by atoms with Gasteiger partial charge in [-0.1, -0.05) is 12.1 Å². The van der Waals surface area contributed by atoms with Crippen LogP contribution in [0.5, 0.6) is 0 Å². The van der Waals surface area contributed by atoms with Gasteiger partial charge in [-0.15, -0.1) is 11.3 Å². The van der Waals surface area contributed by atoms with Crippen LogP contribution in [-0.4, -0.2) is 89.3 Å². The predicted molar refractivity (Wildman–Crippen MR) is 151 cm³/mol. The summed E-state index contributed by atoms with van der Waals surface area (Å²) in [6.45, 7) is 9.52. The fraction of sp³-hybridized carbons (Fsp3) is 0.429. The van der Waals surface area contributed by atoms with Crippen LogP contribution in [0.4, 0.5) is 10.6 Å². The van der Waals surface area contributed by atoms with E-state index in [0.29, 0.717) is 55.3 Å². The van der Waals surface area contributed by atoms with E-state index < -0.39 is 11.7 Å². The van der Waals surface area contributed by atoms with E-state index in [4.69, 9.17) is 14.5 Å². The minimum Gasteiger partial charge on any atom is -0.444 e. The summed E-state index contributed by atoms with van der Waals surface area (Å²) in [5, 5.41) is 0.406. The molecule has 3 aromatic heterocycles. The molecule has 2 aliphatic rings. The van der Waals surface area contributed by atoms with Gasteiger partial charge in [-0.25, -0.2) is 9.78 Å². The summed E-state index contributed by atoms with van der Waals surface area (Å²) in [6, 6.07) is 11.5. The van der Waals surface area contributed by atoms with Gasteiger partial charge in [0.1, 0.15) is 21.8 Å². The number of anilines is 1. The molecule has 0 spiro atoms. The van der Waals surface area contributed by atoms with Crippen molar-refractivity contribution in [1.29, 1.82) is 0 Å². The number of hydrogen-bond acceptors (Lipinski definition) is 8. The lowest BCUT2D eigenvalue weighted by atomic mass is 10.1. The summed E-state index contributed by atoms with van der Waals surface area (Å²) in [6.07, 6.45) is -0.394. The van der Waals surface area contributed by atoms with Gasteiger partial charge in [-0.3, -0.25) is 14.0 Å². The molecule has 0 bridgehead atoms.